The molecule has 0 radical (unpaired) electrons. The third-order valence-corrected chi connectivity index (χ3v) is 2.52. The topological polar surface area (TPSA) is 56.8 Å². The Morgan fingerprint density at radius 2 is 2.22 bits per heavy atom. The molecule has 0 aromatic heterocycles. The van der Waals surface area contributed by atoms with Gasteiger partial charge in [-0.05, 0) is 18.6 Å². The molecule has 0 fully saturated rings. The van der Waals surface area contributed by atoms with Crippen molar-refractivity contribution in [3.05, 3.63) is 24.3 Å². The number of fused-ring (bicyclic) bond motifs is 1. The zero-order valence-corrected chi connectivity index (χ0v) is 10.3. The quantitative estimate of drug-likeness (QED) is 0.834. The van der Waals surface area contributed by atoms with Crippen LogP contribution in [0.25, 0.3) is 0 Å². The van der Waals surface area contributed by atoms with Crippen LogP contribution >= 0.6 is 0 Å². The first kappa shape index (κ1) is 12.5. The summed E-state index contributed by atoms with van der Waals surface area (Å²) in [5, 5.41) is 2.61. The molecule has 0 saturated heterocycles. The molecule has 1 amide bonds. The second kappa shape index (κ2) is 6.14. The third-order valence-electron chi connectivity index (χ3n) is 2.52. The molecule has 5 heteroatoms. The lowest BCUT2D eigenvalue weighted by molar-refractivity contribution is 0.0568. The van der Waals surface area contributed by atoms with E-state index in [-0.39, 0.29) is 6.61 Å². The van der Waals surface area contributed by atoms with E-state index < -0.39 is 12.3 Å². The van der Waals surface area contributed by atoms with Crippen LogP contribution < -0.4 is 14.8 Å². The van der Waals surface area contributed by atoms with E-state index in [4.69, 9.17) is 14.2 Å². The van der Waals surface area contributed by atoms with E-state index in [1.807, 2.05) is 25.1 Å². The van der Waals surface area contributed by atoms with Gasteiger partial charge in [0.1, 0.15) is 6.61 Å². The minimum Gasteiger partial charge on any atom is -0.484 e. The van der Waals surface area contributed by atoms with Crippen molar-refractivity contribution in [3.8, 4) is 11.5 Å². The Balaban J connectivity index is 1.80. The van der Waals surface area contributed by atoms with Gasteiger partial charge in [-0.1, -0.05) is 25.5 Å². The average molecular weight is 251 g/mol. The van der Waals surface area contributed by atoms with E-state index in [1.165, 1.54) is 0 Å². The lowest BCUT2D eigenvalue weighted by Gasteiger charge is -2.26. The van der Waals surface area contributed by atoms with E-state index in [2.05, 4.69) is 5.32 Å². The van der Waals surface area contributed by atoms with Gasteiger partial charge in [0.05, 0.1) is 6.61 Å². The van der Waals surface area contributed by atoms with E-state index >= 15 is 0 Å². The Kier molecular flexibility index (Phi) is 4.28. The highest BCUT2D eigenvalue weighted by molar-refractivity contribution is 5.67. The van der Waals surface area contributed by atoms with Crippen molar-refractivity contribution >= 4 is 6.09 Å². The molecule has 1 aliphatic rings. The second-order valence-electron chi connectivity index (χ2n) is 4.00. The van der Waals surface area contributed by atoms with Crippen molar-refractivity contribution < 1.29 is 19.0 Å². The molecule has 0 spiro atoms. The highest BCUT2D eigenvalue weighted by Gasteiger charge is 2.22. The van der Waals surface area contributed by atoms with E-state index in [0.29, 0.717) is 18.1 Å². The van der Waals surface area contributed by atoms with Crippen molar-refractivity contribution in [2.24, 2.45) is 0 Å². The number of ether oxygens (including phenoxy) is 3. The Bertz CT molecular complexity index is 408. The van der Waals surface area contributed by atoms with Crippen molar-refractivity contribution in [2.45, 2.75) is 26.0 Å². The molecule has 18 heavy (non-hydrogen) atoms. The maximum Gasteiger partial charge on any atom is 0.410 e. The first-order valence-corrected chi connectivity index (χ1v) is 6.11. The fourth-order valence-electron chi connectivity index (χ4n) is 1.57. The number of hydrogen-bond donors (Lipinski definition) is 1. The van der Waals surface area contributed by atoms with Crippen LogP contribution in [0, 0.1) is 0 Å². The van der Waals surface area contributed by atoms with Gasteiger partial charge in [0.15, 0.2) is 11.5 Å². The van der Waals surface area contributed by atoms with Crippen LogP contribution in [0.15, 0.2) is 24.3 Å². The number of unbranched alkanes of at least 4 members (excludes halogenated alkanes) is 1. The molecule has 1 aromatic rings. The molecular weight excluding hydrogens is 234 g/mol. The minimum atomic E-state index is -0.506. The van der Waals surface area contributed by atoms with Gasteiger partial charge in [-0.25, -0.2) is 4.79 Å². The van der Waals surface area contributed by atoms with Crippen molar-refractivity contribution in [1.29, 1.82) is 0 Å². The second-order valence-corrected chi connectivity index (χ2v) is 4.00. The Morgan fingerprint density at radius 1 is 1.44 bits per heavy atom. The number of rotatable bonds is 4. The molecule has 1 N–H and O–H groups in total. The van der Waals surface area contributed by atoms with Crippen molar-refractivity contribution in [1.82, 2.24) is 5.32 Å². The monoisotopic (exact) mass is 251 g/mol. The Morgan fingerprint density at radius 3 is 3.00 bits per heavy atom. The van der Waals surface area contributed by atoms with E-state index in [1.54, 1.807) is 6.07 Å². The number of hydrogen-bond acceptors (Lipinski definition) is 4. The molecular formula is C13H17NO4. The lowest BCUT2D eigenvalue weighted by atomic mass is 10.3. The maximum atomic E-state index is 11.4. The molecule has 98 valence electrons. The summed E-state index contributed by atoms with van der Waals surface area (Å²) in [4.78, 5) is 11.4. The predicted octanol–water partition coefficient (Wildman–Crippen LogP) is 2.31. The highest BCUT2D eigenvalue weighted by Crippen LogP contribution is 2.30. The van der Waals surface area contributed by atoms with Gasteiger partial charge < -0.3 is 14.2 Å². The third kappa shape index (κ3) is 3.29. The average Bonchev–Trinajstić information content (AvgIpc) is 2.39. The normalized spacial score (nSPS) is 17.1. The summed E-state index contributed by atoms with van der Waals surface area (Å²) in [6.45, 7) is 2.74. The fraction of sp³-hybridized carbons (Fsp3) is 0.462. The summed E-state index contributed by atoms with van der Waals surface area (Å²) in [6, 6.07) is 7.34. The SMILES string of the molecule is CCCCOC(=O)NC1COc2ccccc2O1. The molecule has 0 bridgehead atoms. The van der Waals surface area contributed by atoms with Crippen LogP contribution in [-0.4, -0.2) is 25.5 Å². The Labute approximate surface area is 106 Å². The van der Waals surface area contributed by atoms with Crippen LogP contribution in [0.4, 0.5) is 4.79 Å². The lowest BCUT2D eigenvalue weighted by Crippen LogP contribution is -2.45. The molecule has 0 aliphatic carbocycles. The molecule has 1 unspecified atom stereocenters. The predicted molar refractivity (Wildman–Crippen MR) is 65.7 cm³/mol. The summed E-state index contributed by atoms with van der Waals surface area (Å²) in [5.41, 5.74) is 0. The van der Waals surface area contributed by atoms with E-state index in [9.17, 15) is 4.79 Å². The van der Waals surface area contributed by atoms with Gasteiger partial charge in [-0.2, -0.15) is 0 Å². The number of benzene rings is 1. The number of amides is 1. The van der Waals surface area contributed by atoms with Crippen molar-refractivity contribution in [2.75, 3.05) is 13.2 Å². The number of alkyl carbamates (subject to hydrolysis) is 1. The van der Waals surface area contributed by atoms with Crippen LogP contribution in [0.3, 0.4) is 0 Å². The fourth-order valence-corrected chi connectivity index (χ4v) is 1.57. The van der Waals surface area contributed by atoms with Crippen molar-refractivity contribution in [3.63, 3.8) is 0 Å². The zero-order valence-electron chi connectivity index (χ0n) is 10.3. The first-order chi connectivity index (χ1) is 8.79. The molecule has 2 rings (SSSR count). The van der Waals surface area contributed by atoms with Crippen LogP contribution in [0.2, 0.25) is 0 Å². The summed E-state index contributed by atoms with van der Waals surface area (Å²) >= 11 is 0. The van der Waals surface area contributed by atoms with Gasteiger partial charge in [-0.15, -0.1) is 0 Å². The van der Waals surface area contributed by atoms with Gasteiger partial charge in [0, 0.05) is 0 Å². The highest BCUT2D eigenvalue weighted by atomic mass is 16.6. The van der Waals surface area contributed by atoms with Crippen LogP contribution in [-0.2, 0) is 4.74 Å². The zero-order chi connectivity index (χ0) is 12.8. The molecule has 1 heterocycles. The van der Waals surface area contributed by atoms with E-state index in [0.717, 1.165) is 12.8 Å². The number of carbonyl (C=O) groups excluding carboxylic acids is 1. The van der Waals surface area contributed by atoms with Crippen LogP contribution in [0.1, 0.15) is 19.8 Å². The Hall–Kier alpha value is -1.91. The number of nitrogens with one attached hydrogen (secondary N) is 1. The summed E-state index contributed by atoms with van der Waals surface area (Å²) in [6.07, 6.45) is 0.868. The van der Waals surface area contributed by atoms with Gasteiger partial charge in [0.2, 0.25) is 6.23 Å². The molecule has 5 nitrogen and oxygen atoms in total. The standard InChI is InChI=1S/C13H17NO4/c1-2-3-8-16-13(15)14-12-9-17-10-6-4-5-7-11(10)18-12/h4-7,12H,2-3,8-9H2,1H3,(H,14,15). The maximum absolute atomic E-state index is 11.4. The number of para-hydroxylation sites is 2. The van der Waals surface area contributed by atoms with Crippen LogP contribution in [0.5, 0.6) is 11.5 Å². The largest absolute Gasteiger partial charge is 0.484 e. The molecule has 1 aromatic carbocycles. The smallest absolute Gasteiger partial charge is 0.410 e. The van der Waals surface area contributed by atoms with Gasteiger partial charge in [0.25, 0.3) is 0 Å². The summed E-state index contributed by atoms with van der Waals surface area (Å²) in [5.74, 6) is 1.32. The summed E-state index contributed by atoms with van der Waals surface area (Å²) < 4.78 is 16.0. The molecule has 0 saturated carbocycles. The minimum absolute atomic E-state index is 0.278. The molecule has 1 aliphatic heterocycles. The van der Waals surface area contributed by atoms with Gasteiger partial charge in [-0.3, -0.25) is 5.32 Å². The first-order valence-electron chi connectivity index (χ1n) is 6.11. The summed E-state index contributed by atoms with van der Waals surface area (Å²) in [7, 11) is 0. The number of carbonyl (C=O) groups is 1. The van der Waals surface area contributed by atoms with Gasteiger partial charge >= 0.3 is 6.09 Å². The molecule has 1 atom stereocenters.